The first-order chi connectivity index (χ1) is 15.1. The second-order valence-electron chi connectivity index (χ2n) is 10.1. The lowest BCUT2D eigenvalue weighted by Gasteiger charge is -2.28. The molecule has 32 heavy (non-hydrogen) atoms. The number of nitrogens with zero attached hydrogens (tertiary/aromatic N) is 5. The molecular weight excluding hydrogens is 408 g/mol. The number of anilines is 1. The van der Waals surface area contributed by atoms with Gasteiger partial charge in [-0.25, -0.2) is 9.31 Å². The number of likely N-dealkylation sites (tertiary alicyclic amines) is 1. The molecule has 2 N–H and O–H groups in total. The molecular formula is C23H30N6O3. The van der Waals surface area contributed by atoms with Gasteiger partial charge in [0, 0.05) is 31.4 Å². The number of hydrogen-bond acceptors (Lipinski definition) is 6. The Morgan fingerprint density at radius 3 is 2.81 bits per heavy atom. The number of aryl methyl sites for hydroxylation is 1. The molecule has 0 radical (unpaired) electrons. The van der Waals surface area contributed by atoms with Crippen molar-refractivity contribution in [1.82, 2.24) is 24.3 Å². The third-order valence-corrected chi connectivity index (χ3v) is 6.29. The summed E-state index contributed by atoms with van der Waals surface area (Å²) in [5.41, 5.74) is 8.28. The molecule has 3 aromatic heterocycles. The molecule has 1 spiro atoms. The van der Waals surface area contributed by atoms with Gasteiger partial charge in [-0.15, -0.1) is 0 Å². The summed E-state index contributed by atoms with van der Waals surface area (Å²) in [6.45, 7) is 6.83. The van der Waals surface area contributed by atoms with Crippen LogP contribution in [0.15, 0.2) is 30.6 Å². The van der Waals surface area contributed by atoms with E-state index in [-0.39, 0.29) is 17.6 Å². The van der Waals surface area contributed by atoms with Crippen LogP contribution >= 0.6 is 0 Å². The van der Waals surface area contributed by atoms with Crippen LogP contribution in [0.5, 0.6) is 5.75 Å². The summed E-state index contributed by atoms with van der Waals surface area (Å²) in [5, 5.41) is 8.64. The normalized spacial score (nSPS) is 19.6. The number of pyridine rings is 1. The third kappa shape index (κ3) is 3.87. The van der Waals surface area contributed by atoms with Crippen LogP contribution in [-0.2, 0) is 11.8 Å². The molecule has 9 nitrogen and oxygen atoms in total. The smallest absolute Gasteiger partial charge is 0.410 e. The molecule has 1 atom stereocenters. The molecule has 1 amide bonds. The van der Waals surface area contributed by atoms with Crippen molar-refractivity contribution < 1.29 is 14.3 Å². The highest BCUT2D eigenvalue weighted by atomic mass is 16.6. The number of ether oxygens (including phenoxy) is 2. The fraction of sp³-hybridized carbons (Fsp3) is 0.522. The van der Waals surface area contributed by atoms with E-state index in [4.69, 9.17) is 15.2 Å². The van der Waals surface area contributed by atoms with Crippen LogP contribution < -0.4 is 10.5 Å². The Bertz CT molecular complexity index is 1170. The predicted octanol–water partition coefficient (Wildman–Crippen LogP) is 3.49. The summed E-state index contributed by atoms with van der Waals surface area (Å²) < 4.78 is 15.5. The Morgan fingerprint density at radius 1 is 1.31 bits per heavy atom. The quantitative estimate of drug-likeness (QED) is 0.669. The summed E-state index contributed by atoms with van der Waals surface area (Å²) >= 11 is 0. The van der Waals surface area contributed by atoms with Gasteiger partial charge in [-0.1, -0.05) is 0 Å². The van der Waals surface area contributed by atoms with Crippen molar-refractivity contribution in [3.8, 4) is 17.0 Å². The zero-order chi connectivity index (χ0) is 22.7. The lowest BCUT2D eigenvalue weighted by molar-refractivity contribution is 0.0182. The highest BCUT2D eigenvalue weighted by molar-refractivity contribution is 5.72. The maximum Gasteiger partial charge on any atom is 0.410 e. The zero-order valence-electron chi connectivity index (χ0n) is 19.0. The minimum absolute atomic E-state index is 0.0162. The fourth-order valence-corrected chi connectivity index (χ4v) is 4.59. The van der Waals surface area contributed by atoms with Crippen LogP contribution in [0.3, 0.4) is 0 Å². The summed E-state index contributed by atoms with van der Waals surface area (Å²) in [6, 6.07) is 5.78. The van der Waals surface area contributed by atoms with E-state index in [0.717, 1.165) is 42.6 Å². The topological polar surface area (TPSA) is 99.9 Å². The maximum absolute atomic E-state index is 12.8. The number of carbonyl (C=O) groups is 1. The fourth-order valence-electron chi connectivity index (χ4n) is 4.59. The van der Waals surface area contributed by atoms with Gasteiger partial charge >= 0.3 is 6.09 Å². The number of aromatic nitrogens is 4. The van der Waals surface area contributed by atoms with E-state index in [0.29, 0.717) is 18.2 Å². The first-order valence-electron chi connectivity index (χ1n) is 11.0. The van der Waals surface area contributed by atoms with Crippen molar-refractivity contribution in [2.24, 2.45) is 12.5 Å². The first kappa shape index (κ1) is 20.7. The average Bonchev–Trinajstić information content (AvgIpc) is 3.02. The molecule has 0 bridgehead atoms. The van der Waals surface area contributed by atoms with Crippen molar-refractivity contribution in [3.63, 3.8) is 0 Å². The molecule has 1 saturated carbocycles. The van der Waals surface area contributed by atoms with Crippen LogP contribution in [0.4, 0.5) is 10.6 Å². The van der Waals surface area contributed by atoms with Crippen LogP contribution in [0.1, 0.15) is 40.0 Å². The van der Waals surface area contributed by atoms with Crippen LogP contribution in [0.25, 0.3) is 16.8 Å². The van der Waals surface area contributed by atoms with Gasteiger partial charge < -0.3 is 20.1 Å². The lowest BCUT2D eigenvalue weighted by Crippen LogP contribution is -2.42. The minimum Gasteiger partial charge on any atom is -0.487 e. The van der Waals surface area contributed by atoms with Crippen LogP contribution in [0, 0.1) is 5.41 Å². The van der Waals surface area contributed by atoms with E-state index in [1.54, 1.807) is 15.4 Å². The number of nitrogens with two attached hydrogens (primary N) is 1. The van der Waals surface area contributed by atoms with E-state index in [1.165, 1.54) is 0 Å². The molecule has 9 heteroatoms. The second-order valence-corrected chi connectivity index (χ2v) is 10.1. The first-order valence-corrected chi connectivity index (χ1v) is 11.0. The van der Waals surface area contributed by atoms with Crippen molar-refractivity contribution >= 4 is 17.4 Å². The number of rotatable bonds is 4. The van der Waals surface area contributed by atoms with Crippen molar-refractivity contribution in [2.45, 2.75) is 51.7 Å². The molecule has 4 heterocycles. The molecule has 3 aromatic rings. The van der Waals surface area contributed by atoms with E-state index >= 15 is 0 Å². The number of fused-ring (bicyclic) bond motifs is 1. The number of carbonyl (C=O) groups excluding carboxylic acids is 1. The van der Waals surface area contributed by atoms with Gasteiger partial charge in [0.25, 0.3) is 0 Å². The number of nitrogen functional groups attached to an aromatic ring is 1. The standard InChI is InChI=1S/C23H30N6O3/c1-22(2,3)32-21(30)28-14-23(6-7-23)11-17(28)13-31-18-12-25-27(4)20(18)15-5-8-29-16(9-15)10-19(24)26-29/h5,8-10,12,17H,6-7,11,13-14H2,1-4H3,(H2,24,26). The lowest BCUT2D eigenvalue weighted by atomic mass is 10.0. The largest absolute Gasteiger partial charge is 0.487 e. The third-order valence-electron chi connectivity index (χ3n) is 6.29. The molecule has 1 aliphatic heterocycles. The SMILES string of the molecule is Cn1ncc(OCC2CC3(CC3)CN2C(=O)OC(C)(C)C)c1-c1ccn2nc(N)cc2c1. The Morgan fingerprint density at radius 2 is 2.09 bits per heavy atom. The summed E-state index contributed by atoms with van der Waals surface area (Å²) in [5.74, 6) is 1.16. The molecule has 1 aliphatic carbocycles. The summed E-state index contributed by atoms with van der Waals surface area (Å²) in [4.78, 5) is 14.7. The molecule has 0 aromatic carbocycles. The number of amides is 1. The van der Waals surface area contributed by atoms with Crippen LogP contribution in [0.2, 0.25) is 0 Å². The van der Waals surface area contributed by atoms with Crippen molar-refractivity contribution in [3.05, 3.63) is 30.6 Å². The average molecular weight is 439 g/mol. The zero-order valence-corrected chi connectivity index (χ0v) is 19.0. The van der Waals surface area contributed by atoms with E-state index < -0.39 is 5.60 Å². The van der Waals surface area contributed by atoms with Gasteiger partial charge in [0.1, 0.15) is 23.7 Å². The molecule has 1 saturated heterocycles. The van der Waals surface area contributed by atoms with Crippen molar-refractivity contribution in [1.29, 1.82) is 0 Å². The summed E-state index contributed by atoms with van der Waals surface area (Å²) in [6.07, 6.45) is 6.61. The summed E-state index contributed by atoms with van der Waals surface area (Å²) in [7, 11) is 1.89. The molecule has 170 valence electrons. The van der Waals surface area contributed by atoms with Gasteiger partial charge in [-0.2, -0.15) is 10.2 Å². The van der Waals surface area contributed by atoms with E-state index in [1.807, 2.05) is 57.1 Å². The van der Waals surface area contributed by atoms with Gasteiger partial charge in [-0.05, 0) is 57.6 Å². The molecule has 5 rings (SSSR count). The van der Waals surface area contributed by atoms with Crippen LogP contribution in [-0.4, -0.2) is 55.2 Å². The van der Waals surface area contributed by atoms with Gasteiger partial charge in [-0.3, -0.25) is 4.68 Å². The number of hydrogen-bond donors (Lipinski definition) is 1. The maximum atomic E-state index is 12.8. The van der Waals surface area contributed by atoms with E-state index in [9.17, 15) is 4.79 Å². The monoisotopic (exact) mass is 438 g/mol. The molecule has 2 fully saturated rings. The van der Waals surface area contributed by atoms with Crippen molar-refractivity contribution in [2.75, 3.05) is 18.9 Å². The minimum atomic E-state index is -0.520. The Hall–Kier alpha value is -3.23. The molecule has 2 aliphatic rings. The Balaban J connectivity index is 1.36. The van der Waals surface area contributed by atoms with Gasteiger partial charge in [0.2, 0.25) is 0 Å². The van der Waals surface area contributed by atoms with Gasteiger partial charge in [0.05, 0.1) is 17.8 Å². The highest BCUT2D eigenvalue weighted by Gasteiger charge is 2.54. The second kappa shape index (κ2) is 7.15. The molecule has 1 unspecified atom stereocenters. The predicted molar refractivity (Wildman–Crippen MR) is 120 cm³/mol. The van der Waals surface area contributed by atoms with E-state index in [2.05, 4.69) is 10.2 Å². The van der Waals surface area contributed by atoms with Gasteiger partial charge in [0.15, 0.2) is 5.75 Å². The Kier molecular flexibility index (Phi) is 4.61. The highest BCUT2D eigenvalue weighted by Crippen LogP contribution is 2.55. The Labute approximate surface area is 187 Å².